The molecule has 1 N–H and O–H groups in total. The molecule has 0 radical (unpaired) electrons. The highest BCUT2D eigenvalue weighted by Crippen LogP contribution is 2.09. The van der Waals surface area contributed by atoms with E-state index < -0.39 is 11.9 Å². The quantitative estimate of drug-likeness (QED) is 0.682. The van der Waals surface area contributed by atoms with Crippen molar-refractivity contribution in [2.75, 3.05) is 0 Å². The van der Waals surface area contributed by atoms with Crippen LogP contribution in [0.2, 0.25) is 0 Å². The minimum Gasteiger partial charge on any atom is -0.478 e. The van der Waals surface area contributed by atoms with E-state index in [4.69, 9.17) is 5.11 Å². The maximum atomic E-state index is 12.5. The van der Waals surface area contributed by atoms with Gasteiger partial charge in [-0.1, -0.05) is 6.92 Å². The molecule has 1 heterocycles. The molecular formula is C8H8FNO2. The molecule has 0 saturated heterocycles. The zero-order valence-electron chi connectivity index (χ0n) is 6.54. The lowest BCUT2D eigenvalue weighted by molar-refractivity contribution is 0.0695. The van der Waals surface area contributed by atoms with Crippen LogP contribution in [0, 0.1) is 5.95 Å². The lowest BCUT2D eigenvalue weighted by atomic mass is 10.1. The van der Waals surface area contributed by atoms with Crippen LogP contribution in [0.4, 0.5) is 4.39 Å². The first-order valence-corrected chi connectivity index (χ1v) is 3.53. The van der Waals surface area contributed by atoms with Gasteiger partial charge in [0.1, 0.15) is 0 Å². The van der Waals surface area contributed by atoms with Crippen LogP contribution in [0.1, 0.15) is 22.8 Å². The van der Waals surface area contributed by atoms with Crippen LogP contribution < -0.4 is 0 Å². The van der Waals surface area contributed by atoms with Crippen LogP contribution >= 0.6 is 0 Å². The molecule has 0 saturated carbocycles. The number of carboxylic acid groups (broad SMARTS) is 1. The van der Waals surface area contributed by atoms with Gasteiger partial charge in [-0.2, -0.15) is 4.39 Å². The summed E-state index contributed by atoms with van der Waals surface area (Å²) in [5, 5.41) is 8.63. The van der Waals surface area contributed by atoms with Crippen molar-refractivity contribution in [3.63, 3.8) is 0 Å². The van der Waals surface area contributed by atoms with Crippen LogP contribution in [0.25, 0.3) is 0 Å². The minimum absolute atomic E-state index is 0.00926. The highest BCUT2D eigenvalue weighted by molar-refractivity contribution is 5.89. The number of hydrogen-bond donors (Lipinski definition) is 1. The maximum Gasteiger partial charge on any atom is 0.336 e. The Hall–Kier alpha value is -1.45. The molecule has 0 atom stereocenters. The Morgan fingerprint density at radius 3 is 2.92 bits per heavy atom. The van der Waals surface area contributed by atoms with Gasteiger partial charge >= 0.3 is 5.97 Å². The number of rotatable bonds is 2. The zero-order chi connectivity index (χ0) is 9.14. The Kier molecular flexibility index (Phi) is 2.38. The predicted molar refractivity (Wildman–Crippen MR) is 40.5 cm³/mol. The third-order valence-corrected chi connectivity index (χ3v) is 1.56. The Balaban J connectivity index is 3.21. The number of carboxylic acids is 1. The zero-order valence-corrected chi connectivity index (χ0v) is 6.54. The number of hydrogen-bond acceptors (Lipinski definition) is 2. The molecule has 3 nitrogen and oxygen atoms in total. The molecule has 0 aliphatic rings. The van der Waals surface area contributed by atoms with Gasteiger partial charge in [-0.3, -0.25) is 0 Å². The molecule has 0 bridgehead atoms. The van der Waals surface area contributed by atoms with Crippen molar-refractivity contribution in [1.29, 1.82) is 0 Å². The van der Waals surface area contributed by atoms with E-state index in [0.29, 0.717) is 12.0 Å². The smallest absolute Gasteiger partial charge is 0.336 e. The van der Waals surface area contributed by atoms with Crippen LogP contribution in [0.3, 0.4) is 0 Å². The number of nitrogens with zero attached hydrogens (tertiary/aromatic N) is 1. The predicted octanol–water partition coefficient (Wildman–Crippen LogP) is 1.48. The van der Waals surface area contributed by atoms with E-state index in [9.17, 15) is 9.18 Å². The maximum absolute atomic E-state index is 12.5. The SMILES string of the molecule is CCc1cnc(F)cc1C(=O)O. The van der Waals surface area contributed by atoms with E-state index in [1.165, 1.54) is 6.20 Å². The van der Waals surface area contributed by atoms with Crippen LogP contribution in [0.5, 0.6) is 0 Å². The average molecular weight is 169 g/mol. The van der Waals surface area contributed by atoms with Gasteiger partial charge in [0.2, 0.25) is 5.95 Å². The highest BCUT2D eigenvalue weighted by atomic mass is 19.1. The van der Waals surface area contributed by atoms with Crippen molar-refractivity contribution in [3.05, 3.63) is 29.3 Å². The first kappa shape index (κ1) is 8.64. The molecule has 1 rings (SSSR count). The number of aryl methyl sites for hydroxylation is 1. The van der Waals surface area contributed by atoms with Gasteiger partial charge in [0, 0.05) is 12.3 Å². The van der Waals surface area contributed by atoms with Gasteiger partial charge in [-0.25, -0.2) is 9.78 Å². The minimum atomic E-state index is -1.12. The number of aromatic nitrogens is 1. The fraction of sp³-hybridized carbons (Fsp3) is 0.250. The number of halogens is 1. The molecule has 0 aromatic carbocycles. The van der Waals surface area contributed by atoms with Crippen molar-refractivity contribution >= 4 is 5.97 Å². The summed E-state index contributed by atoms with van der Waals surface area (Å²) >= 11 is 0. The van der Waals surface area contributed by atoms with Gasteiger partial charge in [-0.05, 0) is 12.0 Å². The van der Waals surface area contributed by atoms with Crippen molar-refractivity contribution in [1.82, 2.24) is 4.98 Å². The molecule has 12 heavy (non-hydrogen) atoms. The molecule has 0 amide bonds. The summed E-state index contributed by atoms with van der Waals surface area (Å²) in [7, 11) is 0. The Labute approximate surface area is 68.9 Å². The molecule has 0 fully saturated rings. The van der Waals surface area contributed by atoms with E-state index in [0.717, 1.165) is 6.07 Å². The highest BCUT2D eigenvalue weighted by Gasteiger charge is 2.09. The fourth-order valence-corrected chi connectivity index (χ4v) is 0.939. The van der Waals surface area contributed by atoms with Crippen LogP contribution in [0.15, 0.2) is 12.3 Å². The molecule has 0 aliphatic carbocycles. The summed E-state index contributed by atoms with van der Waals surface area (Å²) in [5.41, 5.74) is 0.536. The van der Waals surface area contributed by atoms with Crippen molar-refractivity contribution in [3.8, 4) is 0 Å². The van der Waals surface area contributed by atoms with Crippen molar-refractivity contribution in [2.24, 2.45) is 0 Å². The second kappa shape index (κ2) is 3.30. The van der Waals surface area contributed by atoms with Crippen molar-refractivity contribution < 1.29 is 14.3 Å². The number of carbonyl (C=O) groups is 1. The number of pyridine rings is 1. The largest absolute Gasteiger partial charge is 0.478 e. The molecular weight excluding hydrogens is 161 g/mol. The van der Waals surface area contributed by atoms with Gasteiger partial charge in [0.05, 0.1) is 5.56 Å². The van der Waals surface area contributed by atoms with E-state index in [-0.39, 0.29) is 5.56 Å². The summed E-state index contributed by atoms with van der Waals surface area (Å²) in [5.74, 6) is -1.88. The van der Waals surface area contributed by atoms with Crippen LogP contribution in [-0.4, -0.2) is 16.1 Å². The Bertz CT molecular complexity index is 312. The Morgan fingerprint density at radius 2 is 2.42 bits per heavy atom. The fourth-order valence-electron chi connectivity index (χ4n) is 0.939. The summed E-state index contributed by atoms with van der Waals surface area (Å²) in [4.78, 5) is 13.9. The normalized spacial score (nSPS) is 9.83. The standard InChI is InChI=1S/C8H8FNO2/c1-2-5-4-10-7(9)3-6(5)8(11)12/h3-4H,2H2,1H3,(H,11,12). The molecule has 64 valence electrons. The molecule has 1 aromatic heterocycles. The van der Waals surface area contributed by atoms with Gasteiger partial charge in [-0.15, -0.1) is 0 Å². The topological polar surface area (TPSA) is 50.2 Å². The lowest BCUT2D eigenvalue weighted by Crippen LogP contribution is -2.03. The third kappa shape index (κ3) is 1.58. The Morgan fingerprint density at radius 1 is 1.75 bits per heavy atom. The summed E-state index contributed by atoms with van der Waals surface area (Å²) in [6, 6.07) is 0.932. The monoisotopic (exact) mass is 169 g/mol. The van der Waals surface area contributed by atoms with Gasteiger partial charge in [0.15, 0.2) is 0 Å². The summed E-state index contributed by atoms with van der Waals surface area (Å²) in [6.07, 6.45) is 1.79. The molecule has 0 spiro atoms. The van der Waals surface area contributed by atoms with E-state index in [1.807, 2.05) is 0 Å². The van der Waals surface area contributed by atoms with Gasteiger partial charge in [0.25, 0.3) is 0 Å². The first-order chi connectivity index (χ1) is 5.65. The molecule has 1 aromatic rings. The van der Waals surface area contributed by atoms with E-state index in [2.05, 4.69) is 4.98 Å². The molecule has 4 heteroatoms. The summed E-state index contributed by atoms with van der Waals surface area (Å²) < 4.78 is 12.5. The van der Waals surface area contributed by atoms with Gasteiger partial charge < -0.3 is 5.11 Å². The first-order valence-electron chi connectivity index (χ1n) is 3.53. The van der Waals surface area contributed by atoms with E-state index in [1.54, 1.807) is 6.92 Å². The second-order valence-electron chi connectivity index (χ2n) is 2.32. The number of aromatic carboxylic acids is 1. The van der Waals surface area contributed by atoms with E-state index >= 15 is 0 Å². The summed E-state index contributed by atoms with van der Waals surface area (Å²) in [6.45, 7) is 1.79. The van der Waals surface area contributed by atoms with Crippen LogP contribution in [-0.2, 0) is 6.42 Å². The average Bonchev–Trinajstić information content (AvgIpc) is 2.04. The second-order valence-corrected chi connectivity index (χ2v) is 2.32. The van der Waals surface area contributed by atoms with Crippen molar-refractivity contribution in [2.45, 2.75) is 13.3 Å². The molecule has 0 aliphatic heterocycles. The third-order valence-electron chi connectivity index (χ3n) is 1.56. The lowest BCUT2D eigenvalue weighted by Gasteiger charge is -2.00. The molecule has 0 unspecified atom stereocenters.